The maximum Gasteiger partial charge on any atom is 0.119 e. The number of hydrogen-bond acceptors (Lipinski definition) is 4. The van der Waals surface area contributed by atoms with Crippen LogP contribution in [0.15, 0.2) is 30.3 Å². The van der Waals surface area contributed by atoms with E-state index in [4.69, 9.17) is 4.74 Å². The molecule has 0 spiro atoms. The molecule has 22 heavy (non-hydrogen) atoms. The number of nitrogens with zero attached hydrogens (tertiary/aromatic N) is 2. The van der Waals surface area contributed by atoms with E-state index in [0.29, 0.717) is 6.04 Å². The average Bonchev–Trinajstić information content (AvgIpc) is 2.57. The lowest BCUT2D eigenvalue weighted by molar-refractivity contribution is -0.00497. The lowest BCUT2D eigenvalue weighted by atomic mass is 9.91. The molecule has 1 aromatic carbocycles. The Kier molecular flexibility index (Phi) is 5.70. The molecule has 0 radical (unpaired) electrons. The van der Waals surface area contributed by atoms with Gasteiger partial charge < -0.3 is 9.84 Å². The fraction of sp³-hybridized carbons (Fsp3) is 0.667. The number of piperazine rings is 1. The Balaban J connectivity index is 1.36. The number of para-hydroxylation sites is 1. The topological polar surface area (TPSA) is 35.9 Å². The van der Waals surface area contributed by atoms with E-state index >= 15 is 0 Å². The molecule has 1 aliphatic heterocycles. The van der Waals surface area contributed by atoms with Gasteiger partial charge in [-0.1, -0.05) is 31.0 Å². The second-order valence-electron chi connectivity index (χ2n) is 6.46. The molecule has 2 aliphatic rings. The molecule has 1 aliphatic carbocycles. The zero-order chi connectivity index (χ0) is 15.2. The minimum atomic E-state index is -0.110. The van der Waals surface area contributed by atoms with E-state index in [-0.39, 0.29) is 6.10 Å². The van der Waals surface area contributed by atoms with Gasteiger partial charge in [-0.25, -0.2) is 0 Å². The first-order valence-electron chi connectivity index (χ1n) is 8.65. The molecule has 4 heteroatoms. The van der Waals surface area contributed by atoms with Crippen LogP contribution >= 0.6 is 0 Å². The Bertz CT molecular complexity index is 432. The van der Waals surface area contributed by atoms with Gasteiger partial charge in [0.05, 0.1) is 6.10 Å². The van der Waals surface area contributed by atoms with Gasteiger partial charge in [0.2, 0.25) is 0 Å². The van der Waals surface area contributed by atoms with Crippen LogP contribution in [0.4, 0.5) is 0 Å². The van der Waals surface area contributed by atoms with Gasteiger partial charge in [0.15, 0.2) is 0 Å². The normalized spacial score (nSPS) is 27.7. The van der Waals surface area contributed by atoms with Crippen molar-refractivity contribution in [3.05, 3.63) is 30.3 Å². The molecule has 0 bridgehead atoms. The fourth-order valence-electron chi connectivity index (χ4n) is 3.65. The highest BCUT2D eigenvalue weighted by molar-refractivity contribution is 5.20. The zero-order valence-electron chi connectivity index (χ0n) is 13.4. The second kappa shape index (κ2) is 7.95. The summed E-state index contributed by atoms with van der Waals surface area (Å²) in [6.07, 6.45) is 4.50. The van der Waals surface area contributed by atoms with Crippen molar-refractivity contribution in [3.8, 4) is 5.75 Å². The molecule has 1 saturated carbocycles. The number of aliphatic hydroxyl groups is 1. The highest BCUT2D eigenvalue weighted by Crippen LogP contribution is 2.24. The molecule has 3 rings (SSSR count). The molecule has 2 unspecified atom stereocenters. The lowest BCUT2D eigenvalue weighted by Crippen LogP contribution is -2.54. The summed E-state index contributed by atoms with van der Waals surface area (Å²) >= 11 is 0. The Morgan fingerprint density at radius 2 is 1.73 bits per heavy atom. The second-order valence-corrected chi connectivity index (χ2v) is 6.46. The van der Waals surface area contributed by atoms with Crippen LogP contribution in [0.1, 0.15) is 25.7 Å². The molecule has 122 valence electrons. The predicted octanol–water partition coefficient (Wildman–Crippen LogP) is 1.99. The van der Waals surface area contributed by atoms with Crippen LogP contribution in [0.2, 0.25) is 0 Å². The predicted molar refractivity (Wildman–Crippen MR) is 88.2 cm³/mol. The van der Waals surface area contributed by atoms with Gasteiger partial charge >= 0.3 is 0 Å². The van der Waals surface area contributed by atoms with Crippen molar-refractivity contribution in [3.63, 3.8) is 0 Å². The first-order valence-corrected chi connectivity index (χ1v) is 8.65. The number of rotatable bonds is 5. The molecule has 2 atom stereocenters. The van der Waals surface area contributed by atoms with Crippen LogP contribution in [0.25, 0.3) is 0 Å². The maximum absolute atomic E-state index is 10.2. The molecule has 0 aromatic heterocycles. The van der Waals surface area contributed by atoms with E-state index in [0.717, 1.165) is 57.9 Å². The molecule has 4 nitrogen and oxygen atoms in total. The molecule has 2 fully saturated rings. The van der Waals surface area contributed by atoms with Crippen LogP contribution in [-0.2, 0) is 0 Å². The SMILES string of the molecule is OC1CCCCC1N1CCN(CCOc2ccccc2)CC1. The molecule has 1 N–H and O–H groups in total. The van der Waals surface area contributed by atoms with Gasteiger partial charge in [0, 0.05) is 38.8 Å². The lowest BCUT2D eigenvalue weighted by Gasteiger charge is -2.42. The number of ether oxygens (including phenoxy) is 1. The first kappa shape index (κ1) is 15.8. The minimum absolute atomic E-state index is 0.110. The summed E-state index contributed by atoms with van der Waals surface area (Å²) in [4.78, 5) is 4.97. The van der Waals surface area contributed by atoms with E-state index in [1.807, 2.05) is 30.3 Å². The Morgan fingerprint density at radius 1 is 1.00 bits per heavy atom. The van der Waals surface area contributed by atoms with Crippen molar-refractivity contribution in [2.24, 2.45) is 0 Å². The third kappa shape index (κ3) is 4.22. The van der Waals surface area contributed by atoms with E-state index in [1.54, 1.807) is 0 Å². The molecule has 1 aromatic rings. The van der Waals surface area contributed by atoms with Gasteiger partial charge in [-0.15, -0.1) is 0 Å². The van der Waals surface area contributed by atoms with Crippen molar-refractivity contribution in [2.75, 3.05) is 39.3 Å². The molecular weight excluding hydrogens is 276 g/mol. The Morgan fingerprint density at radius 3 is 2.45 bits per heavy atom. The third-order valence-corrected chi connectivity index (χ3v) is 4.99. The van der Waals surface area contributed by atoms with Crippen LogP contribution < -0.4 is 4.74 Å². The summed E-state index contributed by atoms with van der Waals surface area (Å²) in [7, 11) is 0. The van der Waals surface area contributed by atoms with Crippen molar-refractivity contribution in [1.29, 1.82) is 0 Å². The Hall–Kier alpha value is -1.10. The molecule has 0 amide bonds. The summed E-state index contributed by atoms with van der Waals surface area (Å²) in [5, 5.41) is 10.2. The fourth-order valence-corrected chi connectivity index (χ4v) is 3.65. The Labute approximate surface area is 133 Å². The van der Waals surface area contributed by atoms with Crippen LogP contribution in [0.5, 0.6) is 5.75 Å². The molecular formula is C18H28N2O2. The van der Waals surface area contributed by atoms with Crippen molar-refractivity contribution < 1.29 is 9.84 Å². The van der Waals surface area contributed by atoms with E-state index < -0.39 is 0 Å². The van der Waals surface area contributed by atoms with Crippen LogP contribution in [0.3, 0.4) is 0 Å². The van der Waals surface area contributed by atoms with Gasteiger partial charge in [0.1, 0.15) is 12.4 Å². The number of aliphatic hydroxyl groups excluding tert-OH is 1. The van der Waals surface area contributed by atoms with Crippen molar-refractivity contribution >= 4 is 0 Å². The summed E-state index contributed by atoms with van der Waals surface area (Å²) in [6, 6.07) is 10.4. The minimum Gasteiger partial charge on any atom is -0.492 e. The smallest absolute Gasteiger partial charge is 0.119 e. The maximum atomic E-state index is 10.2. The summed E-state index contributed by atoms with van der Waals surface area (Å²) in [5.41, 5.74) is 0. The average molecular weight is 304 g/mol. The molecule has 1 saturated heterocycles. The van der Waals surface area contributed by atoms with Gasteiger partial charge in [-0.3, -0.25) is 9.80 Å². The third-order valence-electron chi connectivity index (χ3n) is 4.99. The van der Waals surface area contributed by atoms with E-state index in [2.05, 4.69) is 9.80 Å². The quantitative estimate of drug-likeness (QED) is 0.902. The van der Waals surface area contributed by atoms with E-state index in [9.17, 15) is 5.11 Å². The van der Waals surface area contributed by atoms with Gasteiger partial charge in [-0.05, 0) is 25.0 Å². The molecule has 1 heterocycles. The van der Waals surface area contributed by atoms with Gasteiger partial charge in [0.25, 0.3) is 0 Å². The number of hydrogen-bond donors (Lipinski definition) is 1. The van der Waals surface area contributed by atoms with E-state index in [1.165, 1.54) is 12.8 Å². The first-order chi connectivity index (χ1) is 10.8. The van der Waals surface area contributed by atoms with Crippen LogP contribution in [0, 0.1) is 0 Å². The highest BCUT2D eigenvalue weighted by Gasteiger charge is 2.30. The summed E-state index contributed by atoms with van der Waals surface area (Å²) in [6.45, 7) is 6.05. The highest BCUT2D eigenvalue weighted by atomic mass is 16.5. The largest absolute Gasteiger partial charge is 0.492 e. The zero-order valence-corrected chi connectivity index (χ0v) is 13.4. The number of benzene rings is 1. The van der Waals surface area contributed by atoms with Crippen LogP contribution in [-0.4, -0.2) is 66.4 Å². The van der Waals surface area contributed by atoms with Gasteiger partial charge in [-0.2, -0.15) is 0 Å². The van der Waals surface area contributed by atoms with Crippen molar-refractivity contribution in [2.45, 2.75) is 37.8 Å². The monoisotopic (exact) mass is 304 g/mol. The van der Waals surface area contributed by atoms with Crippen molar-refractivity contribution in [1.82, 2.24) is 9.80 Å². The summed E-state index contributed by atoms with van der Waals surface area (Å²) < 4.78 is 5.77. The summed E-state index contributed by atoms with van der Waals surface area (Å²) in [5.74, 6) is 0.950. The standard InChI is InChI=1S/C18H28N2O2/c21-18-9-5-4-8-17(18)20-12-10-19(11-13-20)14-15-22-16-6-2-1-3-7-16/h1-3,6-7,17-18,21H,4-5,8-15H2.